The van der Waals surface area contributed by atoms with Crippen LogP contribution in [0.15, 0.2) is 27.7 Å². The molecule has 1 heterocycles. The van der Waals surface area contributed by atoms with Crippen molar-refractivity contribution in [1.29, 1.82) is 5.26 Å². The minimum atomic E-state index is 0.168. The van der Waals surface area contributed by atoms with Crippen molar-refractivity contribution >= 4 is 12.1 Å². The molecule has 2 aromatic rings. The SMILES string of the molecule is CCOc1ccc(/C=N/Nc2oc(C)nc2C#N)cc1OCC. The van der Waals surface area contributed by atoms with E-state index in [0.717, 1.165) is 5.56 Å². The zero-order valence-electron chi connectivity index (χ0n) is 13.3. The van der Waals surface area contributed by atoms with E-state index in [2.05, 4.69) is 15.5 Å². The van der Waals surface area contributed by atoms with Crippen LogP contribution in [0.4, 0.5) is 5.88 Å². The molecule has 0 aliphatic rings. The van der Waals surface area contributed by atoms with E-state index in [1.807, 2.05) is 38.1 Å². The Kier molecular flexibility index (Phi) is 5.58. The minimum absolute atomic E-state index is 0.168. The average Bonchev–Trinajstić information content (AvgIpc) is 2.90. The number of aromatic nitrogens is 1. The third-order valence-electron chi connectivity index (χ3n) is 2.79. The number of ether oxygens (including phenoxy) is 2. The number of aryl methyl sites for hydroxylation is 1. The second-order valence-corrected chi connectivity index (χ2v) is 4.46. The number of nitrogens with zero attached hydrogens (tertiary/aromatic N) is 3. The average molecular weight is 314 g/mol. The van der Waals surface area contributed by atoms with Gasteiger partial charge in [-0.05, 0) is 37.6 Å². The molecule has 0 spiro atoms. The van der Waals surface area contributed by atoms with Crippen molar-refractivity contribution in [3.8, 4) is 17.6 Å². The first-order chi connectivity index (χ1) is 11.2. The van der Waals surface area contributed by atoms with Gasteiger partial charge < -0.3 is 13.9 Å². The Balaban J connectivity index is 2.12. The first-order valence-electron chi connectivity index (χ1n) is 7.24. The largest absolute Gasteiger partial charge is 0.490 e. The Morgan fingerprint density at radius 2 is 2.04 bits per heavy atom. The lowest BCUT2D eigenvalue weighted by atomic mass is 10.2. The van der Waals surface area contributed by atoms with Gasteiger partial charge in [0.2, 0.25) is 5.69 Å². The Morgan fingerprint density at radius 3 is 2.74 bits per heavy atom. The lowest BCUT2D eigenvalue weighted by Gasteiger charge is -2.11. The van der Waals surface area contributed by atoms with Gasteiger partial charge in [0, 0.05) is 6.92 Å². The molecule has 0 amide bonds. The lowest BCUT2D eigenvalue weighted by Crippen LogP contribution is -1.99. The fourth-order valence-corrected chi connectivity index (χ4v) is 1.89. The van der Waals surface area contributed by atoms with Crippen molar-refractivity contribution in [2.75, 3.05) is 18.6 Å². The highest BCUT2D eigenvalue weighted by molar-refractivity contribution is 5.81. The molecule has 1 aromatic carbocycles. The van der Waals surface area contributed by atoms with Crippen LogP contribution in [0.25, 0.3) is 0 Å². The maximum atomic E-state index is 8.93. The summed E-state index contributed by atoms with van der Waals surface area (Å²) in [4.78, 5) is 3.92. The highest BCUT2D eigenvalue weighted by atomic mass is 16.5. The predicted molar refractivity (Wildman–Crippen MR) is 86.0 cm³/mol. The molecular weight excluding hydrogens is 296 g/mol. The van der Waals surface area contributed by atoms with Gasteiger partial charge in [0.1, 0.15) is 6.07 Å². The van der Waals surface area contributed by atoms with E-state index in [-0.39, 0.29) is 11.6 Å². The number of nitrogens with one attached hydrogen (secondary N) is 1. The van der Waals surface area contributed by atoms with E-state index in [0.29, 0.717) is 30.6 Å². The van der Waals surface area contributed by atoms with Crippen molar-refractivity contribution in [2.45, 2.75) is 20.8 Å². The molecule has 1 aromatic heterocycles. The zero-order valence-corrected chi connectivity index (χ0v) is 13.3. The molecule has 1 N–H and O–H groups in total. The molecule has 0 saturated carbocycles. The molecule has 0 saturated heterocycles. The van der Waals surface area contributed by atoms with Gasteiger partial charge in [-0.3, -0.25) is 0 Å². The molecule has 120 valence electrons. The van der Waals surface area contributed by atoms with E-state index >= 15 is 0 Å². The normalized spacial score (nSPS) is 10.5. The van der Waals surface area contributed by atoms with Crippen LogP contribution in [0.3, 0.4) is 0 Å². The van der Waals surface area contributed by atoms with Crippen molar-refractivity contribution < 1.29 is 13.9 Å². The molecule has 0 radical (unpaired) electrons. The quantitative estimate of drug-likeness (QED) is 0.623. The fourth-order valence-electron chi connectivity index (χ4n) is 1.89. The first-order valence-corrected chi connectivity index (χ1v) is 7.24. The third kappa shape index (κ3) is 4.23. The standard InChI is InChI=1S/C16H18N4O3/c1-4-21-14-7-6-12(8-15(14)22-5-2)10-18-20-16-13(9-17)19-11(3)23-16/h6-8,10,20H,4-5H2,1-3H3/b18-10+. The van der Waals surface area contributed by atoms with E-state index in [4.69, 9.17) is 19.2 Å². The topological polar surface area (TPSA) is 92.7 Å². The number of hydrazone groups is 1. The van der Waals surface area contributed by atoms with Gasteiger partial charge in [-0.25, -0.2) is 10.4 Å². The molecular formula is C16H18N4O3. The Morgan fingerprint density at radius 1 is 1.30 bits per heavy atom. The number of nitriles is 1. The molecule has 7 nitrogen and oxygen atoms in total. The maximum absolute atomic E-state index is 8.93. The molecule has 2 rings (SSSR count). The zero-order chi connectivity index (χ0) is 16.7. The van der Waals surface area contributed by atoms with Gasteiger partial charge in [-0.1, -0.05) is 0 Å². The predicted octanol–water partition coefficient (Wildman–Crippen LogP) is 3.10. The monoisotopic (exact) mass is 314 g/mol. The van der Waals surface area contributed by atoms with Gasteiger partial charge in [0.15, 0.2) is 17.4 Å². The molecule has 0 fully saturated rings. The Bertz CT molecular complexity index is 731. The molecule has 0 bridgehead atoms. The summed E-state index contributed by atoms with van der Waals surface area (Å²) in [7, 11) is 0. The molecule has 0 aliphatic carbocycles. The summed E-state index contributed by atoms with van der Waals surface area (Å²) in [6.45, 7) is 6.60. The fraction of sp³-hybridized carbons (Fsp3) is 0.312. The van der Waals surface area contributed by atoms with Crippen LogP contribution in [0.2, 0.25) is 0 Å². The van der Waals surface area contributed by atoms with Gasteiger partial charge in [-0.15, -0.1) is 0 Å². The second kappa shape index (κ2) is 7.84. The van der Waals surface area contributed by atoms with E-state index in [9.17, 15) is 0 Å². The second-order valence-electron chi connectivity index (χ2n) is 4.46. The minimum Gasteiger partial charge on any atom is -0.490 e. The highest BCUT2D eigenvalue weighted by Crippen LogP contribution is 2.28. The Hall–Kier alpha value is -3.01. The summed E-state index contributed by atoms with van der Waals surface area (Å²) in [6.07, 6.45) is 1.59. The van der Waals surface area contributed by atoms with Gasteiger partial charge in [0.05, 0.1) is 19.4 Å². The van der Waals surface area contributed by atoms with Crippen LogP contribution in [0, 0.1) is 18.3 Å². The summed E-state index contributed by atoms with van der Waals surface area (Å²) in [5.41, 5.74) is 3.66. The Labute approximate surface area is 134 Å². The number of anilines is 1. The third-order valence-corrected chi connectivity index (χ3v) is 2.79. The smallest absolute Gasteiger partial charge is 0.252 e. The summed E-state index contributed by atoms with van der Waals surface area (Å²) in [6, 6.07) is 7.45. The number of hydrogen-bond donors (Lipinski definition) is 1. The summed E-state index contributed by atoms with van der Waals surface area (Å²) in [5.74, 6) is 1.97. The molecule has 0 aliphatic heterocycles. The molecule has 7 heteroatoms. The van der Waals surface area contributed by atoms with Crippen LogP contribution in [-0.4, -0.2) is 24.4 Å². The van der Waals surface area contributed by atoms with E-state index in [1.165, 1.54) is 0 Å². The van der Waals surface area contributed by atoms with Crippen molar-refractivity contribution in [2.24, 2.45) is 5.10 Å². The van der Waals surface area contributed by atoms with Gasteiger partial charge in [-0.2, -0.15) is 10.4 Å². The van der Waals surface area contributed by atoms with Gasteiger partial charge >= 0.3 is 0 Å². The molecule has 0 atom stereocenters. The van der Waals surface area contributed by atoms with Crippen LogP contribution >= 0.6 is 0 Å². The van der Waals surface area contributed by atoms with Crippen LogP contribution in [-0.2, 0) is 0 Å². The maximum Gasteiger partial charge on any atom is 0.252 e. The van der Waals surface area contributed by atoms with E-state index in [1.54, 1.807) is 13.1 Å². The van der Waals surface area contributed by atoms with Crippen LogP contribution in [0.5, 0.6) is 11.5 Å². The molecule has 0 unspecified atom stereocenters. The number of oxazole rings is 1. The first kappa shape index (κ1) is 16.4. The summed E-state index contributed by atoms with van der Waals surface area (Å²) < 4.78 is 16.3. The number of benzene rings is 1. The molecule has 23 heavy (non-hydrogen) atoms. The summed E-state index contributed by atoms with van der Waals surface area (Å²) in [5, 5.41) is 13.0. The van der Waals surface area contributed by atoms with Crippen LogP contribution in [0.1, 0.15) is 31.0 Å². The summed E-state index contributed by atoms with van der Waals surface area (Å²) >= 11 is 0. The van der Waals surface area contributed by atoms with E-state index < -0.39 is 0 Å². The van der Waals surface area contributed by atoms with Crippen LogP contribution < -0.4 is 14.9 Å². The highest BCUT2D eigenvalue weighted by Gasteiger charge is 2.09. The number of hydrogen-bond acceptors (Lipinski definition) is 7. The number of rotatable bonds is 7. The van der Waals surface area contributed by atoms with Crippen molar-refractivity contribution in [3.63, 3.8) is 0 Å². The van der Waals surface area contributed by atoms with Crippen molar-refractivity contribution in [3.05, 3.63) is 35.3 Å². The lowest BCUT2D eigenvalue weighted by molar-refractivity contribution is 0.288. The van der Waals surface area contributed by atoms with Crippen molar-refractivity contribution in [1.82, 2.24) is 4.98 Å². The van der Waals surface area contributed by atoms with Gasteiger partial charge in [0.25, 0.3) is 5.88 Å².